The van der Waals surface area contributed by atoms with Crippen LogP contribution in [0.2, 0.25) is 10.0 Å². The molecule has 0 saturated heterocycles. The Balaban J connectivity index is 1.75. The van der Waals surface area contributed by atoms with Gasteiger partial charge in [0.05, 0.1) is 36.1 Å². The topological polar surface area (TPSA) is 35.9 Å². The fourth-order valence-electron chi connectivity index (χ4n) is 3.75. The molecule has 4 nitrogen and oxygen atoms in total. The van der Waals surface area contributed by atoms with Gasteiger partial charge in [0.25, 0.3) is 0 Å². The number of halogens is 3. The number of hydrogen-bond donors (Lipinski definition) is 1. The number of para-hydroxylation sites is 1. The van der Waals surface area contributed by atoms with Crippen molar-refractivity contribution in [2.24, 2.45) is 0 Å². The quantitative estimate of drug-likeness (QED) is 0.435. The van der Waals surface area contributed by atoms with E-state index in [0.29, 0.717) is 16.7 Å². The van der Waals surface area contributed by atoms with Gasteiger partial charge in [-0.1, -0.05) is 57.3 Å². The first-order valence-electron chi connectivity index (χ1n) is 9.49. The first kappa shape index (κ1) is 21.5. The Morgan fingerprint density at radius 1 is 1.03 bits per heavy atom. The maximum absolute atomic E-state index is 9.71. The van der Waals surface area contributed by atoms with Crippen molar-refractivity contribution in [2.75, 3.05) is 18.7 Å². The number of nitrogens with zero attached hydrogens (tertiary/aromatic N) is 2. The number of hydrogen-bond acceptors (Lipinski definition) is 4. The first-order valence-corrected chi connectivity index (χ1v) is 11.0. The molecule has 0 aliphatic carbocycles. The number of fused-ring (bicyclic) bond motifs is 1. The van der Waals surface area contributed by atoms with Gasteiger partial charge in [0, 0.05) is 28.8 Å². The molecular formula is C23H21BrCl2N2O2. The number of aliphatic hydroxyl groups is 1. The van der Waals surface area contributed by atoms with Crippen LogP contribution in [-0.4, -0.2) is 23.8 Å². The molecule has 0 atom stereocenters. The van der Waals surface area contributed by atoms with Crippen LogP contribution in [0.5, 0.6) is 5.75 Å². The van der Waals surface area contributed by atoms with Gasteiger partial charge in [0.15, 0.2) is 0 Å². The summed E-state index contributed by atoms with van der Waals surface area (Å²) in [5, 5.41) is 10.9. The van der Waals surface area contributed by atoms with E-state index in [0.717, 1.165) is 45.8 Å². The molecule has 30 heavy (non-hydrogen) atoms. The van der Waals surface area contributed by atoms with Crippen molar-refractivity contribution in [1.82, 2.24) is 4.90 Å². The number of anilines is 2. The molecule has 1 heterocycles. The Morgan fingerprint density at radius 2 is 1.73 bits per heavy atom. The fourth-order valence-corrected chi connectivity index (χ4v) is 4.97. The van der Waals surface area contributed by atoms with Gasteiger partial charge in [0.2, 0.25) is 0 Å². The summed E-state index contributed by atoms with van der Waals surface area (Å²) >= 11 is 16.8. The van der Waals surface area contributed by atoms with Gasteiger partial charge < -0.3 is 14.7 Å². The van der Waals surface area contributed by atoms with Gasteiger partial charge in [-0.25, -0.2) is 0 Å². The zero-order chi connectivity index (χ0) is 21.3. The predicted molar refractivity (Wildman–Crippen MR) is 126 cm³/mol. The average molecular weight is 508 g/mol. The number of ether oxygens (including phenoxy) is 1. The van der Waals surface area contributed by atoms with E-state index in [1.165, 1.54) is 5.56 Å². The lowest BCUT2D eigenvalue weighted by Gasteiger charge is -2.40. The van der Waals surface area contributed by atoms with E-state index in [-0.39, 0.29) is 6.61 Å². The Morgan fingerprint density at radius 3 is 2.37 bits per heavy atom. The summed E-state index contributed by atoms with van der Waals surface area (Å²) in [6.07, 6.45) is 0. The Kier molecular flexibility index (Phi) is 6.56. The lowest BCUT2D eigenvalue weighted by Crippen LogP contribution is -2.40. The monoisotopic (exact) mass is 506 g/mol. The van der Waals surface area contributed by atoms with E-state index in [1.54, 1.807) is 7.11 Å². The lowest BCUT2D eigenvalue weighted by molar-refractivity contribution is 0.251. The SMILES string of the molecule is COc1ccc(CN2Cc3c(Br)cc(CO)cc3N(c3c(Cl)cccc3Cl)C2)cc1. The van der Waals surface area contributed by atoms with Gasteiger partial charge in [-0.3, -0.25) is 4.90 Å². The molecule has 3 aromatic carbocycles. The average Bonchev–Trinajstić information content (AvgIpc) is 2.74. The molecule has 4 rings (SSSR count). The summed E-state index contributed by atoms with van der Waals surface area (Å²) in [6.45, 7) is 2.10. The number of methoxy groups -OCH3 is 1. The summed E-state index contributed by atoms with van der Waals surface area (Å²) in [4.78, 5) is 4.45. The van der Waals surface area contributed by atoms with Gasteiger partial charge in [0.1, 0.15) is 5.75 Å². The summed E-state index contributed by atoms with van der Waals surface area (Å²) in [7, 11) is 1.67. The molecule has 3 aromatic rings. The predicted octanol–water partition coefficient (Wildman–Crippen LogP) is 6.37. The molecule has 0 fully saturated rings. The summed E-state index contributed by atoms with van der Waals surface area (Å²) < 4.78 is 6.22. The lowest BCUT2D eigenvalue weighted by atomic mass is 10.0. The largest absolute Gasteiger partial charge is 0.497 e. The third kappa shape index (κ3) is 4.32. The Hall–Kier alpha value is -1.76. The van der Waals surface area contributed by atoms with Crippen LogP contribution in [0.25, 0.3) is 0 Å². The standard InChI is InChI=1S/C23H21BrCl2N2O2/c1-30-17-7-5-15(6-8-17)11-27-12-18-19(24)9-16(13-29)10-22(18)28(14-27)23-20(25)3-2-4-21(23)26/h2-10,29H,11-14H2,1H3. The smallest absolute Gasteiger partial charge is 0.118 e. The molecule has 156 valence electrons. The maximum atomic E-state index is 9.71. The molecule has 0 bridgehead atoms. The van der Waals surface area contributed by atoms with Crippen LogP contribution in [0.3, 0.4) is 0 Å². The number of benzene rings is 3. The Labute approximate surface area is 194 Å². The highest BCUT2D eigenvalue weighted by molar-refractivity contribution is 9.10. The number of rotatable bonds is 5. The highest BCUT2D eigenvalue weighted by Crippen LogP contribution is 2.44. The van der Waals surface area contributed by atoms with Crippen molar-refractivity contribution in [3.05, 3.63) is 85.8 Å². The molecule has 1 N–H and O–H groups in total. The van der Waals surface area contributed by atoms with Crippen LogP contribution in [0.4, 0.5) is 11.4 Å². The molecule has 7 heteroatoms. The minimum atomic E-state index is -0.0362. The van der Waals surface area contributed by atoms with Crippen molar-refractivity contribution < 1.29 is 9.84 Å². The molecule has 0 radical (unpaired) electrons. The summed E-state index contributed by atoms with van der Waals surface area (Å²) in [6, 6.07) is 17.6. The third-order valence-electron chi connectivity index (χ3n) is 5.20. The summed E-state index contributed by atoms with van der Waals surface area (Å²) in [5.74, 6) is 0.839. The molecule has 0 aromatic heterocycles. The molecule has 1 aliphatic rings. The van der Waals surface area contributed by atoms with Crippen molar-refractivity contribution >= 4 is 50.5 Å². The molecule has 0 spiro atoms. The van der Waals surface area contributed by atoms with Crippen molar-refractivity contribution in [2.45, 2.75) is 19.7 Å². The molecule has 1 aliphatic heterocycles. The number of aliphatic hydroxyl groups excluding tert-OH is 1. The zero-order valence-electron chi connectivity index (χ0n) is 16.4. The van der Waals surface area contributed by atoms with Crippen LogP contribution in [-0.2, 0) is 19.7 Å². The van der Waals surface area contributed by atoms with Crippen LogP contribution in [0, 0.1) is 0 Å². The van der Waals surface area contributed by atoms with E-state index in [1.807, 2.05) is 42.5 Å². The second kappa shape index (κ2) is 9.16. The summed E-state index contributed by atoms with van der Waals surface area (Å²) in [5.41, 5.74) is 4.91. The van der Waals surface area contributed by atoms with Gasteiger partial charge in [-0.05, 0) is 47.5 Å². The van der Waals surface area contributed by atoms with Crippen molar-refractivity contribution in [3.63, 3.8) is 0 Å². The van der Waals surface area contributed by atoms with Gasteiger partial charge >= 0.3 is 0 Å². The van der Waals surface area contributed by atoms with Gasteiger partial charge in [-0.2, -0.15) is 0 Å². The van der Waals surface area contributed by atoms with Gasteiger partial charge in [-0.15, -0.1) is 0 Å². The normalized spacial score (nSPS) is 14.0. The van der Waals surface area contributed by atoms with E-state index in [4.69, 9.17) is 27.9 Å². The van der Waals surface area contributed by atoms with E-state index >= 15 is 0 Å². The second-order valence-corrected chi connectivity index (χ2v) is 8.88. The minimum Gasteiger partial charge on any atom is -0.497 e. The van der Waals surface area contributed by atoms with Crippen LogP contribution >= 0.6 is 39.1 Å². The van der Waals surface area contributed by atoms with Crippen LogP contribution in [0.1, 0.15) is 16.7 Å². The maximum Gasteiger partial charge on any atom is 0.118 e. The van der Waals surface area contributed by atoms with E-state index in [2.05, 4.69) is 37.9 Å². The molecular weight excluding hydrogens is 487 g/mol. The molecule has 0 saturated carbocycles. The van der Waals surface area contributed by atoms with Crippen molar-refractivity contribution in [3.8, 4) is 5.75 Å². The van der Waals surface area contributed by atoms with E-state index < -0.39 is 0 Å². The second-order valence-electron chi connectivity index (χ2n) is 7.21. The fraction of sp³-hybridized carbons (Fsp3) is 0.217. The Bertz CT molecular complexity index is 1040. The van der Waals surface area contributed by atoms with E-state index in [9.17, 15) is 5.11 Å². The highest BCUT2D eigenvalue weighted by atomic mass is 79.9. The van der Waals surface area contributed by atoms with Crippen LogP contribution in [0.15, 0.2) is 59.1 Å². The zero-order valence-corrected chi connectivity index (χ0v) is 19.5. The highest BCUT2D eigenvalue weighted by Gasteiger charge is 2.28. The van der Waals surface area contributed by atoms with Crippen LogP contribution < -0.4 is 9.64 Å². The molecule has 0 unspecified atom stereocenters. The van der Waals surface area contributed by atoms with Crippen molar-refractivity contribution in [1.29, 1.82) is 0 Å². The third-order valence-corrected chi connectivity index (χ3v) is 6.52. The first-order chi connectivity index (χ1) is 14.5. The molecule has 0 amide bonds. The minimum absolute atomic E-state index is 0.0362.